The summed E-state index contributed by atoms with van der Waals surface area (Å²) in [7, 11) is 0. The van der Waals surface area contributed by atoms with Gasteiger partial charge in [0.2, 0.25) is 0 Å². The van der Waals surface area contributed by atoms with Gasteiger partial charge < -0.3 is 15.2 Å². The van der Waals surface area contributed by atoms with Gasteiger partial charge in [-0.1, -0.05) is 61.8 Å². The molecule has 3 aromatic rings. The molecule has 0 heterocycles. The molecule has 0 aliphatic heterocycles. The number of aliphatic carboxylic acids is 1. The van der Waals surface area contributed by atoms with Crippen molar-refractivity contribution in [1.82, 2.24) is 5.32 Å². The largest absolute Gasteiger partial charge is 0.489 e. The van der Waals surface area contributed by atoms with Crippen molar-refractivity contribution in [1.29, 1.82) is 0 Å². The molecule has 0 bridgehead atoms. The second kappa shape index (κ2) is 12.4. The van der Waals surface area contributed by atoms with Gasteiger partial charge in [-0.05, 0) is 65.8 Å². The number of carbonyl (C=O) groups is 2. The third-order valence-electron chi connectivity index (χ3n) is 5.53. The number of nitrogens with one attached hydrogen (secondary N) is 1. The van der Waals surface area contributed by atoms with Crippen molar-refractivity contribution in [2.75, 3.05) is 0 Å². The van der Waals surface area contributed by atoms with E-state index in [1.807, 2.05) is 50.2 Å². The molecule has 0 spiro atoms. The Bertz CT molecular complexity index is 1170. The lowest BCUT2D eigenvalue weighted by Gasteiger charge is -2.22. The first-order chi connectivity index (χ1) is 16.7. The number of carbonyl (C=O) groups excluding carboxylic acids is 1. The van der Waals surface area contributed by atoms with Crippen LogP contribution in [0.2, 0.25) is 5.02 Å². The van der Waals surface area contributed by atoms with E-state index in [-0.39, 0.29) is 36.3 Å². The fourth-order valence-electron chi connectivity index (χ4n) is 3.78. The van der Waals surface area contributed by atoms with E-state index in [0.717, 1.165) is 5.56 Å². The SMILES string of the molecule is CC(C)CC(NC(=O)c1cc(COc2ccccc2)ccc1CCC(=O)O)c1ccc(Cl)c(F)c1. The quantitative estimate of drug-likeness (QED) is 0.313. The highest BCUT2D eigenvalue weighted by Crippen LogP contribution is 2.26. The molecule has 184 valence electrons. The number of ether oxygens (including phenoxy) is 1. The molecular weight excluding hydrogens is 469 g/mol. The van der Waals surface area contributed by atoms with Crippen molar-refractivity contribution >= 4 is 23.5 Å². The number of rotatable bonds is 11. The van der Waals surface area contributed by atoms with Gasteiger partial charge in [-0.2, -0.15) is 0 Å². The first kappa shape index (κ1) is 26.2. The van der Waals surface area contributed by atoms with Crippen LogP contribution in [-0.4, -0.2) is 17.0 Å². The number of carboxylic acids is 1. The predicted molar refractivity (Wildman–Crippen MR) is 134 cm³/mol. The van der Waals surface area contributed by atoms with Gasteiger partial charge in [0.1, 0.15) is 18.2 Å². The molecule has 0 aliphatic carbocycles. The highest BCUT2D eigenvalue weighted by Gasteiger charge is 2.21. The van der Waals surface area contributed by atoms with E-state index in [4.69, 9.17) is 21.4 Å². The first-order valence-electron chi connectivity index (χ1n) is 11.5. The maximum Gasteiger partial charge on any atom is 0.303 e. The molecule has 1 amide bonds. The van der Waals surface area contributed by atoms with Gasteiger partial charge >= 0.3 is 5.97 Å². The van der Waals surface area contributed by atoms with Gasteiger partial charge in [0.15, 0.2) is 0 Å². The predicted octanol–water partition coefficient (Wildman–Crippen LogP) is 6.59. The molecule has 1 atom stereocenters. The zero-order valence-corrected chi connectivity index (χ0v) is 20.5. The molecule has 3 aromatic carbocycles. The molecule has 0 radical (unpaired) electrons. The van der Waals surface area contributed by atoms with Crippen LogP contribution in [0.3, 0.4) is 0 Å². The van der Waals surface area contributed by atoms with Crippen LogP contribution in [0.1, 0.15) is 59.8 Å². The standard InChI is InChI=1S/C28H29ClFNO4/c1-18(2)14-26(21-10-12-24(29)25(30)16-21)31-28(34)23-15-19(8-9-20(23)11-13-27(32)33)17-35-22-6-4-3-5-7-22/h3-10,12,15-16,18,26H,11,13-14,17H2,1-2H3,(H,31,34)(H,32,33). The van der Waals surface area contributed by atoms with Crippen LogP contribution in [0.5, 0.6) is 5.75 Å². The Hall–Kier alpha value is -3.38. The Morgan fingerprint density at radius 2 is 1.80 bits per heavy atom. The van der Waals surface area contributed by atoms with Gasteiger partial charge in [0.05, 0.1) is 11.1 Å². The maximum absolute atomic E-state index is 14.1. The summed E-state index contributed by atoms with van der Waals surface area (Å²) in [5.41, 5.74) is 2.39. The van der Waals surface area contributed by atoms with E-state index in [1.165, 1.54) is 12.1 Å². The van der Waals surface area contributed by atoms with Crippen LogP contribution in [0.4, 0.5) is 4.39 Å². The summed E-state index contributed by atoms with van der Waals surface area (Å²) in [6.07, 6.45) is 0.703. The molecule has 0 aromatic heterocycles. The number of aryl methyl sites for hydroxylation is 1. The minimum atomic E-state index is -0.942. The highest BCUT2D eigenvalue weighted by molar-refractivity contribution is 6.30. The lowest BCUT2D eigenvalue weighted by molar-refractivity contribution is -0.136. The number of amides is 1. The Kier molecular flexibility index (Phi) is 9.26. The normalized spacial score (nSPS) is 11.8. The van der Waals surface area contributed by atoms with Crippen molar-refractivity contribution in [2.45, 2.75) is 45.8 Å². The smallest absolute Gasteiger partial charge is 0.303 e. The topological polar surface area (TPSA) is 75.6 Å². The zero-order valence-electron chi connectivity index (χ0n) is 19.8. The van der Waals surface area contributed by atoms with Crippen molar-refractivity contribution in [3.63, 3.8) is 0 Å². The minimum Gasteiger partial charge on any atom is -0.489 e. The van der Waals surface area contributed by atoms with Crippen LogP contribution < -0.4 is 10.1 Å². The van der Waals surface area contributed by atoms with E-state index >= 15 is 0 Å². The molecule has 2 N–H and O–H groups in total. The summed E-state index contributed by atoms with van der Waals surface area (Å²) in [6.45, 7) is 4.29. The summed E-state index contributed by atoms with van der Waals surface area (Å²) in [5.74, 6) is -0.907. The number of benzene rings is 3. The van der Waals surface area contributed by atoms with Crippen LogP contribution >= 0.6 is 11.6 Å². The zero-order chi connectivity index (χ0) is 25.4. The van der Waals surface area contributed by atoms with Crippen molar-refractivity contribution in [3.8, 4) is 5.75 Å². The fraction of sp³-hybridized carbons (Fsp3) is 0.286. The Balaban J connectivity index is 1.87. The number of para-hydroxylation sites is 1. The first-order valence-corrected chi connectivity index (χ1v) is 11.9. The molecule has 5 nitrogen and oxygen atoms in total. The van der Waals surface area contributed by atoms with Gasteiger partial charge in [-0.3, -0.25) is 9.59 Å². The highest BCUT2D eigenvalue weighted by atomic mass is 35.5. The second-order valence-electron chi connectivity index (χ2n) is 8.82. The van der Waals surface area contributed by atoms with E-state index in [2.05, 4.69) is 5.32 Å². The molecule has 3 rings (SSSR count). The molecule has 0 saturated carbocycles. The molecule has 0 aliphatic rings. The molecule has 0 fully saturated rings. The molecule has 7 heteroatoms. The number of hydrogen-bond donors (Lipinski definition) is 2. The Morgan fingerprint density at radius 1 is 1.06 bits per heavy atom. The Labute approximate surface area is 209 Å². The van der Waals surface area contributed by atoms with Crippen LogP contribution in [0.25, 0.3) is 0 Å². The van der Waals surface area contributed by atoms with Crippen molar-refractivity contribution < 1.29 is 23.8 Å². The lowest BCUT2D eigenvalue weighted by Crippen LogP contribution is -2.30. The molecule has 1 unspecified atom stereocenters. The summed E-state index contributed by atoms with van der Waals surface area (Å²) in [6, 6.07) is 18.7. The summed E-state index contributed by atoms with van der Waals surface area (Å²) in [5, 5.41) is 12.2. The summed E-state index contributed by atoms with van der Waals surface area (Å²) < 4.78 is 20.0. The van der Waals surface area contributed by atoms with Crippen LogP contribution in [0, 0.1) is 11.7 Å². The summed E-state index contributed by atoms with van der Waals surface area (Å²) in [4.78, 5) is 24.6. The summed E-state index contributed by atoms with van der Waals surface area (Å²) >= 11 is 5.84. The van der Waals surface area contributed by atoms with Crippen molar-refractivity contribution in [3.05, 3.63) is 99.8 Å². The second-order valence-corrected chi connectivity index (χ2v) is 9.22. The monoisotopic (exact) mass is 497 g/mol. The van der Waals surface area contributed by atoms with Gasteiger partial charge in [-0.15, -0.1) is 0 Å². The third kappa shape index (κ3) is 7.82. The van der Waals surface area contributed by atoms with Crippen molar-refractivity contribution in [2.24, 2.45) is 5.92 Å². The van der Waals surface area contributed by atoms with E-state index in [9.17, 15) is 14.0 Å². The average Bonchev–Trinajstić information content (AvgIpc) is 2.83. The van der Waals surface area contributed by atoms with Crippen LogP contribution in [-0.2, 0) is 17.8 Å². The minimum absolute atomic E-state index is 0.0189. The average molecular weight is 498 g/mol. The maximum atomic E-state index is 14.1. The molecule has 35 heavy (non-hydrogen) atoms. The van der Waals surface area contributed by atoms with Gasteiger partial charge in [-0.25, -0.2) is 4.39 Å². The molecule has 0 saturated heterocycles. The van der Waals surface area contributed by atoms with E-state index < -0.39 is 17.8 Å². The van der Waals surface area contributed by atoms with Gasteiger partial charge in [0, 0.05) is 12.0 Å². The van der Waals surface area contributed by atoms with E-state index in [1.54, 1.807) is 18.2 Å². The van der Waals surface area contributed by atoms with Crippen LogP contribution in [0.15, 0.2) is 66.7 Å². The number of carboxylic acid groups (broad SMARTS) is 1. The number of hydrogen-bond acceptors (Lipinski definition) is 3. The lowest BCUT2D eigenvalue weighted by atomic mass is 9.95. The Morgan fingerprint density at radius 3 is 2.46 bits per heavy atom. The molecular formula is C28H29ClFNO4. The third-order valence-corrected chi connectivity index (χ3v) is 5.84. The fourth-order valence-corrected chi connectivity index (χ4v) is 3.90. The van der Waals surface area contributed by atoms with E-state index in [0.29, 0.717) is 28.9 Å². The van der Waals surface area contributed by atoms with Gasteiger partial charge in [0.25, 0.3) is 5.91 Å². The number of halogens is 2.